The molecule has 2 heterocycles. The number of nitrogens with zero attached hydrogens (tertiary/aromatic N) is 2. The number of hydrogen-bond acceptors (Lipinski definition) is 0. The maximum absolute atomic E-state index is 2.40. The van der Waals surface area contributed by atoms with Crippen molar-refractivity contribution in [3.63, 3.8) is 0 Å². The molecule has 0 saturated carbocycles. The van der Waals surface area contributed by atoms with Crippen LogP contribution in [0.5, 0.6) is 0 Å². The minimum Gasteiger partial charge on any atom is -0.309 e. The highest BCUT2D eigenvalue weighted by atomic mass is 15.0. The lowest BCUT2D eigenvalue weighted by Gasteiger charge is -2.10. The van der Waals surface area contributed by atoms with Gasteiger partial charge in [-0.3, -0.25) is 0 Å². The molecule has 2 aromatic heterocycles. The highest BCUT2D eigenvalue weighted by molar-refractivity contribution is 6.22. The van der Waals surface area contributed by atoms with Crippen LogP contribution in [0.3, 0.4) is 0 Å². The summed E-state index contributed by atoms with van der Waals surface area (Å²) in [5, 5.41) is 7.62. The Morgan fingerprint density at radius 1 is 0.271 bits per heavy atom. The highest BCUT2D eigenvalue weighted by Gasteiger charge is 2.17. The number of para-hydroxylation sites is 2. The molecule has 48 heavy (non-hydrogen) atoms. The van der Waals surface area contributed by atoms with E-state index in [1.807, 2.05) is 0 Å². The van der Waals surface area contributed by atoms with Gasteiger partial charge in [-0.25, -0.2) is 0 Å². The second-order valence-electron chi connectivity index (χ2n) is 12.6. The summed E-state index contributed by atoms with van der Waals surface area (Å²) in [7, 11) is 0. The fourth-order valence-electron chi connectivity index (χ4n) is 7.69. The monoisotopic (exact) mass is 610 g/mol. The van der Waals surface area contributed by atoms with Gasteiger partial charge in [-0.15, -0.1) is 0 Å². The average molecular weight is 611 g/mol. The van der Waals surface area contributed by atoms with E-state index in [0.29, 0.717) is 0 Å². The standard InChI is InChI=1S/C46H30N2/c1-3-11-31(12-4-1)32-19-24-37(25-20-32)47-42-18-10-9-17-39(42)40-29-34(22-26-43(40)47)35-23-27-44-41(30-35)46-38-16-8-7-13-33(38)21-28-45(46)48(44)36-14-5-2-6-15-36/h1-30H. The summed E-state index contributed by atoms with van der Waals surface area (Å²) in [6, 6.07) is 66.2. The Labute approximate surface area is 278 Å². The van der Waals surface area contributed by atoms with Gasteiger partial charge in [0, 0.05) is 32.9 Å². The molecule has 0 fully saturated rings. The Morgan fingerprint density at radius 3 is 1.54 bits per heavy atom. The second-order valence-corrected chi connectivity index (χ2v) is 12.6. The topological polar surface area (TPSA) is 9.86 Å². The minimum atomic E-state index is 1.16. The van der Waals surface area contributed by atoms with E-state index >= 15 is 0 Å². The number of benzene rings is 8. The molecule has 0 aliphatic heterocycles. The molecule has 0 aliphatic rings. The summed E-state index contributed by atoms with van der Waals surface area (Å²) < 4.78 is 4.80. The van der Waals surface area contributed by atoms with Crippen LogP contribution in [-0.2, 0) is 0 Å². The molecule has 2 nitrogen and oxygen atoms in total. The molecular formula is C46H30N2. The van der Waals surface area contributed by atoms with E-state index in [1.165, 1.54) is 82.3 Å². The quantitative estimate of drug-likeness (QED) is 0.188. The number of rotatable bonds is 4. The van der Waals surface area contributed by atoms with Gasteiger partial charge in [0.15, 0.2) is 0 Å². The summed E-state index contributed by atoms with van der Waals surface area (Å²) in [5.41, 5.74) is 12.1. The van der Waals surface area contributed by atoms with Crippen molar-refractivity contribution in [2.75, 3.05) is 0 Å². The van der Waals surface area contributed by atoms with Gasteiger partial charge in [-0.05, 0) is 93.7 Å². The Bertz CT molecular complexity index is 2800. The van der Waals surface area contributed by atoms with Gasteiger partial charge >= 0.3 is 0 Å². The van der Waals surface area contributed by atoms with E-state index in [1.54, 1.807) is 0 Å². The molecule has 2 heteroatoms. The Balaban J connectivity index is 1.17. The first-order valence-corrected chi connectivity index (χ1v) is 16.5. The molecule has 0 aliphatic carbocycles. The van der Waals surface area contributed by atoms with E-state index in [2.05, 4.69) is 191 Å². The first kappa shape index (κ1) is 26.8. The Morgan fingerprint density at radius 2 is 0.771 bits per heavy atom. The van der Waals surface area contributed by atoms with Crippen LogP contribution < -0.4 is 0 Å². The number of hydrogen-bond donors (Lipinski definition) is 0. The highest BCUT2D eigenvalue weighted by Crippen LogP contribution is 2.40. The lowest BCUT2D eigenvalue weighted by Crippen LogP contribution is -1.94. The molecule has 0 unspecified atom stereocenters. The maximum Gasteiger partial charge on any atom is 0.0547 e. The largest absolute Gasteiger partial charge is 0.309 e. The van der Waals surface area contributed by atoms with E-state index < -0.39 is 0 Å². The van der Waals surface area contributed by atoms with Crippen molar-refractivity contribution in [3.05, 3.63) is 182 Å². The smallest absolute Gasteiger partial charge is 0.0547 e. The summed E-state index contributed by atoms with van der Waals surface area (Å²) in [5.74, 6) is 0. The molecule has 0 radical (unpaired) electrons. The van der Waals surface area contributed by atoms with Gasteiger partial charge in [0.2, 0.25) is 0 Å². The third-order valence-corrected chi connectivity index (χ3v) is 9.91. The summed E-state index contributed by atoms with van der Waals surface area (Å²) >= 11 is 0. The van der Waals surface area contributed by atoms with Gasteiger partial charge < -0.3 is 9.13 Å². The van der Waals surface area contributed by atoms with E-state index in [4.69, 9.17) is 0 Å². The Kier molecular flexibility index (Phi) is 5.91. The van der Waals surface area contributed by atoms with Crippen LogP contribution >= 0.6 is 0 Å². The molecule has 0 atom stereocenters. The number of aromatic nitrogens is 2. The normalized spacial score (nSPS) is 11.8. The summed E-state index contributed by atoms with van der Waals surface area (Å²) in [6.07, 6.45) is 0. The van der Waals surface area contributed by atoms with Crippen LogP contribution in [0, 0.1) is 0 Å². The molecule has 0 amide bonds. The molecule has 0 bridgehead atoms. The second kappa shape index (κ2) is 10.6. The third-order valence-electron chi connectivity index (χ3n) is 9.91. The van der Waals surface area contributed by atoms with Crippen molar-refractivity contribution in [1.29, 1.82) is 0 Å². The summed E-state index contributed by atoms with van der Waals surface area (Å²) in [6.45, 7) is 0. The lowest BCUT2D eigenvalue weighted by atomic mass is 9.99. The Hall–Kier alpha value is -6.38. The van der Waals surface area contributed by atoms with E-state index in [-0.39, 0.29) is 0 Å². The maximum atomic E-state index is 2.40. The van der Waals surface area contributed by atoms with Gasteiger partial charge in [-0.1, -0.05) is 121 Å². The molecule has 0 N–H and O–H groups in total. The van der Waals surface area contributed by atoms with Gasteiger partial charge in [0.25, 0.3) is 0 Å². The van der Waals surface area contributed by atoms with E-state index in [0.717, 1.165) is 5.69 Å². The van der Waals surface area contributed by atoms with Crippen LogP contribution in [0.1, 0.15) is 0 Å². The van der Waals surface area contributed by atoms with Gasteiger partial charge in [-0.2, -0.15) is 0 Å². The predicted molar refractivity (Wildman–Crippen MR) is 203 cm³/mol. The molecule has 8 aromatic carbocycles. The molecular weight excluding hydrogens is 581 g/mol. The zero-order chi connectivity index (χ0) is 31.6. The zero-order valence-corrected chi connectivity index (χ0v) is 26.2. The van der Waals surface area contributed by atoms with Crippen molar-refractivity contribution in [3.8, 4) is 33.6 Å². The fourth-order valence-corrected chi connectivity index (χ4v) is 7.69. The summed E-state index contributed by atoms with van der Waals surface area (Å²) in [4.78, 5) is 0. The van der Waals surface area contributed by atoms with Crippen LogP contribution in [0.4, 0.5) is 0 Å². The molecule has 10 rings (SSSR count). The molecule has 0 spiro atoms. The van der Waals surface area contributed by atoms with Crippen molar-refractivity contribution in [2.45, 2.75) is 0 Å². The first-order chi connectivity index (χ1) is 23.8. The lowest BCUT2D eigenvalue weighted by molar-refractivity contribution is 1.18. The van der Waals surface area contributed by atoms with Crippen molar-refractivity contribution >= 4 is 54.4 Å². The molecule has 0 saturated heterocycles. The predicted octanol–water partition coefficient (Wildman–Crippen LogP) is 12.4. The van der Waals surface area contributed by atoms with Gasteiger partial charge in [0.05, 0.1) is 22.1 Å². The van der Waals surface area contributed by atoms with E-state index in [9.17, 15) is 0 Å². The minimum absolute atomic E-state index is 1.16. The SMILES string of the molecule is c1ccc(-c2ccc(-n3c4ccccc4c4cc(-c5ccc6c(c5)c5c7ccccc7ccc5n6-c5ccccc5)ccc43)cc2)cc1. The van der Waals surface area contributed by atoms with Crippen LogP contribution in [0.25, 0.3) is 88.0 Å². The average Bonchev–Trinajstić information content (AvgIpc) is 3.68. The fraction of sp³-hybridized carbons (Fsp3) is 0. The van der Waals surface area contributed by atoms with Crippen molar-refractivity contribution < 1.29 is 0 Å². The van der Waals surface area contributed by atoms with Crippen molar-refractivity contribution in [2.24, 2.45) is 0 Å². The number of fused-ring (bicyclic) bond motifs is 8. The van der Waals surface area contributed by atoms with Crippen LogP contribution in [-0.4, -0.2) is 9.13 Å². The van der Waals surface area contributed by atoms with Crippen molar-refractivity contribution in [1.82, 2.24) is 9.13 Å². The third kappa shape index (κ3) is 4.06. The van der Waals surface area contributed by atoms with Crippen LogP contribution in [0.15, 0.2) is 182 Å². The first-order valence-electron chi connectivity index (χ1n) is 16.5. The molecule has 224 valence electrons. The van der Waals surface area contributed by atoms with Gasteiger partial charge in [0.1, 0.15) is 0 Å². The zero-order valence-electron chi connectivity index (χ0n) is 26.2. The molecule has 10 aromatic rings. The van der Waals surface area contributed by atoms with Crippen LogP contribution in [0.2, 0.25) is 0 Å².